The summed E-state index contributed by atoms with van der Waals surface area (Å²) in [6.45, 7) is 4.71. The lowest BCUT2D eigenvalue weighted by molar-refractivity contribution is 0.281. The Hall–Kier alpha value is -3.15. The lowest BCUT2D eigenvalue weighted by Gasteiger charge is -2.43. The molecule has 2 aliphatic rings. The molecule has 2 atom stereocenters. The van der Waals surface area contributed by atoms with Crippen molar-refractivity contribution in [2.45, 2.75) is 25.8 Å². The van der Waals surface area contributed by atoms with Gasteiger partial charge < -0.3 is 14.0 Å². The Labute approximate surface area is 168 Å². The smallest absolute Gasteiger partial charge is 0.250 e. The Morgan fingerprint density at radius 2 is 1.97 bits per heavy atom. The summed E-state index contributed by atoms with van der Waals surface area (Å²) in [4.78, 5) is 24.1. The van der Waals surface area contributed by atoms with Crippen LogP contribution in [-0.2, 0) is 13.6 Å². The molecule has 1 aromatic carbocycles. The van der Waals surface area contributed by atoms with Gasteiger partial charge in [0.2, 0.25) is 0 Å². The predicted molar refractivity (Wildman–Crippen MR) is 115 cm³/mol. The Morgan fingerprint density at radius 3 is 2.86 bits per heavy atom. The third-order valence-corrected chi connectivity index (χ3v) is 6.69. The number of fused-ring (bicyclic) bond motifs is 7. The van der Waals surface area contributed by atoms with E-state index in [1.54, 1.807) is 12.4 Å². The summed E-state index contributed by atoms with van der Waals surface area (Å²) in [5, 5.41) is 1.18. The number of piperidine rings is 1. The average Bonchev–Trinajstić information content (AvgIpc) is 3.00. The van der Waals surface area contributed by atoms with Gasteiger partial charge >= 0.3 is 0 Å². The molecule has 0 amide bonds. The van der Waals surface area contributed by atoms with Crippen LogP contribution in [-0.4, -0.2) is 32.2 Å². The third-order valence-electron chi connectivity index (χ3n) is 6.69. The quantitative estimate of drug-likeness (QED) is 0.505. The summed E-state index contributed by atoms with van der Waals surface area (Å²) in [7, 11) is 2.10. The van der Waals surface area contributed by atoms with E-state index in [-0.39, 0.29) is 5.56 Å². The standard InChI is InChI=1S/C23H23N5O/c1-14-6-7-19-17(8-14)21-22(26(19)2)23(25-13-24-21)27-10-15-9-16(12-27)18-4-3-5-20(29)28(18)11-15/h3-8,13,15-16H,9-12H2,1-2H3/t15-,16+/m1/s1. The van der Waals surface area contributed by atoms with Crippen molar-refractivity contribution in [1.29, 1.82) is 0 Å². The molecule has 2 aliphatic heterocycles. The lowest BCUT2D eigenvalue weighted by Crippen LogP contribution is -2.47. The molecule has 3 aromatic heterocycles. The SMILES string of the molecule is Cc1ccc2c(c1)c1ncnc(N3C[C@H]4C[C@@H](C3)c3cccc(=O)n3C4)c1n2C. The maximum atomic E-state index is 12.3. The first kappa shape index (κ1) is 16.8. The second-order valence-electron chi connectivity index (χ2n) is 8.58. The molecular weight excluding hydrogens is 362 g/mol. The molecule has 6 heteroatoms. The van der Waals surface area contributed by atoms with Crippen molar-refractivity contribution in [2.75, 3.05) is 18.0 Å². The second kappa shape index (κ2) is 5.92. The van der Waals surface area contributed by atoms with Crippen LogP contribution in [0.4, 0.5) is 5.82 Å². The van der Waals surface area contributed by atoms with Gasteiger partial charge in [0.25, 0.3) is 5.56 Å². The van der Waals surface area contributed by atoms with Gasteiger partial charge in [-0.1, -0.05) is 17.7 Å². The number of nitrogens with zero attached hydrogens (tertiary/aromatic N) is 5. The van der Waals surface area contributed by atoms with Crippen molar-refractivity contribution in [1.82, 2.24) is 19.1 Å². The highest BCUT2D eigenvalue weighted by molar-refractivity contribution is 6.09. The molecule has 1 fully saturated rings. The fraction of sp³-hybridized carbons (Fsp3) is 0.348. The second-order valence-corrected chi connectivity index (χ2v) is 8.58. The van der Waals surface area contributed by atoms with E-state index in [2.05, 4.69) is 52.7 Å². The molecule has 4 aromatic rings. The molecule has 2 bridgehead atoms. The Balaban J connectivity index is 1.50. The molecule has 1 saturated heterocycles. The number of anilines is 1. The van der Waals surface area contributed by atoms with Crippen molar-refractivity contribution in [3.05, 3.63) is 64.3 Å². The van der Waals surface area contributed by atoms with Crippen LogP contribution < -0.4 is 10.5 Å². The fourth-order valence-corrected chi connectivity index (χ4v) is 5.43. The summed E-state index contributed by atoms with van der Waals surface area (Å²) in [6.07, 6.45) is 2.84. The number of aromatic nitrogens is 4. The summed E-state index contributed by atoms with van der Waals surface area (Å²) < 4.78 is 4.20. The van der Waals surface area contributed by atoms with Crippen LogP contribution >= 0.6 is 0 Å². The first-order valence-corrected chi connectivity index (χ1v) is 10.2. The highest BCUT2D eigenvalue weighted by Gasteiger charge is 2.36. The zero-order chi connectivity index (χ0) is 19.7. The Kier molecular flexibility index (Phi) is 3.43. The van der Waals surface area contributed by atoms with Crippen LogP contribution in [0.1, 0.15) is 23.6 Å². The number of rotatable bonds is 1. The highest BCUT2D eigenvalue weighted by atomic mass is 16.1. The summed E-state index contributed by atoms with van der Waals surface area (Å²) >= 11 is 0. The van der Waals surface area contributed by atoms with Crippen LogP contribution in [0.25, 0.3) is 21.9 Å². The summed E-state index contributed by atoms with van der Waals surface area (Å²) in [6, 6.07) is 12.2. The number of hydrogen-bond donors (Lipinski definition) is 0. The maximum absolute atomic E-state index is 12.3. The fourth-order valence-electron chi connectivity index (χ4n) is 5.43. The van der Waals surface area contributed by atoms with Crippen LogP contribution in [0, 0.1) is 12.8 Å². The van der Waals surface area contributed by atoms with E-state index in [0.29, 0.717) is 11.8 Å². The Morgan fingerprint density at radius 1 is 1.07 bits per heavy atom. The molecule has 0 saturated carbocycles. The van der Waals surface area contributed by atoms with E-state index in [9.17, 15) is 4.79 Å². The molecule has 0 N–H and O–H groups in total. The number of benzene rings is 1. The molecule has 5 heterocycles. The third kappa shape index (κ3) is 2.38. The molecule has 6 rings (SSSR count). The summed E-state index contributed by atoms with van der Waals surface area (Å²) in [5.74, 6) is 1.83. The molecule has 29 heavy (non-hydrogen) atoms. The van der Waals surface area contributed by atoms with E-state index in [1.165, 1.54) is 16.5 Å². The first-order valence-electron chi connectivity index (χ1n) is 10.2. The largest absolute Gasteiger partial charge is 0.354 e. The van der Waals surface area contributed by atoms with Gasteiger partial charge in [-0.3, -0.25) is 4.79 Å². The maximum Gasteiger partial charge on any atom is 0.250 e. The molecule has 146 valence electrons. The molecule has 0 spiro atoms. The monoisotopic (exact) mass is 385 g/mol. The minimum absolute atomic E-state index is 0.124. The highest BCUT2D eigenvalue weighted by Crippen LogP contribution is 2.39. The van der Waals surface area contributed by atoms with Crippen molar-refractivity contribution in [2.24, 2.45) is 13.0 Å². The van der Waals surface area contributed by atoms with Crippen LogP contribution in [0.5, 0.6) is 0 Å². The van der Waals surface area contributed by atoms with Crippen molar-refractivity contribution < 1.29 is 0 Å². The van der Waals surface area contributed by atoms with Gasteiger partial charge in [-0.15, -0.1) is 0 Å². The van der Waals surface area contributed by atoms with Gasteiger partial charge in [0.05, 0.1) is 5.52 Å². The van der Waals surface area contributed by atoms with Gasteiger partial charge in [-0.2, -0.15) is 0 Å². The zero-order valence-corrected chi connectivity index (χ0v) is 16.7. The molecular formula is C23H23N5O. The van der Waals surface area contributed by atoms with Crippen molar-refractivity contribution in [3.8, 4) is 0 Å². The molecule has 0 radical (unpaired) electrons. The molecule has 6 nitrogen and oxygen atoms in total. The van der Waals surface area contributed by atoms with E-state index in [1.807, 2.05) is 10.6 Å². The van der Waals surface area contributed by atoms with Crippen LogP contribution in [0.2, 0.25) is 0 Å². The normalized spacial score (nSPS) is 21.0. The number of hydrogen-bond acceptors (Lipinski definition) is 4. The van der Waals surface area contributed by atoms with Gasteiger partial charge in [0, 0.05) is 49.7 Å². The van der Waals surface area contributed by atoms with Gasteiger partial charge in [-0.05, 0) is 37.5 Å². The Bertz CT molecular complexity index is 1330. The van der Waals surface area contributed by atoms with E-state index < -0.39 is 0 Å². The first-order chi connectivity index (χ1) is 14.1. The van der Waals surface area contributed by atoms with E-state index in [0.717, 1.165) is 48.6 Å². The van der Waals surface area contributed by atoms with Crippen molar-refractivity contribution in [3.63, 3.8) is 0 Å². The molecule has 0 unspecified atom stereocenters. The van der Waals surface area contributed by atoms with Crippen LogP contribution in [0.15, 0.2) is 47.5 Å². The number of aryl methyl sites for hydroxylation is 2. The topological polar surface area (TPSA) is 56.0 Å². The minimum Gasteiger partial charge on any atom is -0.354 e. The predicted octanol–water partition coefficient (Wildman–Crippen LogP) is 3.22. The van der Waals surface area contributed by atoms with E-state index >= 15 is 0 Å². The average molecular weight is 385 g/mol. The minimum atomic E-state index is 0.124. The van der Waals surface area contributed by atoms with Crippen LogP contribution in [0.3, 0.4) is 0 Å². The number of pyridine rings is 1. The van der Waals surface area contributed by atoms with Gasteiger partial charge in [0.1, 0.15) is 17.4 Å². The van der Waals surface area contributed by atoms with Gasteiger partial charge in [-0.25, -0.2) is 9.97 Å². The zero-order valence-electron chi connectivity index (χ0n) is 16.7. The lowest BCUT2D eigenvalue weighted by atomic mass is 9.83. The van der Waals surface area contributed by atoms with Crippen molar-refractivity contribution >= 4 is 27.8 Å². The van der Waals surface area contributed by atoms with E-state index in [4.69, 9.17) is 4.98 Å². The summed E-state index contributed by atoms with van der Waals surface area (Å²) in [5.41, 5.74) is 5.82. The molecule has 0 aliphatic carbocycles. The van der Waals surface area contributed by atoms with Gasteiger partial charge in [0.15, 0.2) is 5.82 Å².